The first-order valence-corrected chi connectivity index (χ1v) is 7.37. The lowest BCUT2D eigenvalue weighted by Gasteiger charge is -2.27. The number of benzene rings is 2. The molecule has 112 valence electrons. The standard InChI is InChI=1S/C18H23FN2/c1-5-20-14(3)15-10-8-11-16(19)18(15)21(4)17-12-7-6-9-13(17)2/h6-12,14,20H,5H2,1-4H3. The van der Waals surface area contributed by atoms with Gasteiger partial charge in [-0.05, 0) is 43.7 Å². The SMILES string of the molecule is CCNC(C)c1cccc(F)c1N(C)c1ccccc1C. The van der Waals surface area contributed by atoms with Crippen LogP contribution in [0.1, 0.15) is 31.0 Å². The Morgan fingerprint density at radius 1 is 1.14 bits per heavy atom. The number of aryl methyl sites for hydroxylation is 1. The summed E-state index contributed by atoms with van der Waals surface area (Å²) in [6, 6.07) is 13.4. The number of hydrogen-bond donors (Lipinski definition) is 1. The molecule has 2 aromatic carbocycles. The second-order valence-corrected chi connectivity index (χ2v) is 5.30. The number of halogens is 1. The van der Waals surface area contributed by atoms with E-state index in [0.29, 0.717) is 5.69 Å². The molecule has 0 amide bonds. The number of anilines is 2. The van der Waals surface area contributed by atoms with E-state index in [1.807, 2.05) is 49.2 Å². The van der Waals surface area contributed by atoms with E-state index in [9.17, 15) is 4.39 Å². The van der Waals surface area contributed by atoms with Crippen molar-refractivity contribution in [1.82, 2.24) is 5.32 Å². The summed E-state index contributed by atoms with van der Waals surface area (Å²) in [6.45, 7) is 7.01. The minimum atomic E-state index is -0.192. The van der Waals surface area contributed by atoms with Crippen molar-refractivity contribution in [3.05, 3.63) is 59.4 Å². The number of nitrogens with one attached hydrogen (secondary N) is 1. The quantitative estimate of drug-likeness (QED) is 0.866. The number of rotatable bonds is 5. The van der Waals surface area contributed by atoms with Gasteiger partial charge in [-0.2, -0.15) is 0 Å². The average Bonchev–Trinajstić information content (AvgIpc) is 2.47. The number of para-hydroxylation sites is 2. The fourth-order valence-electron chi connectivity index (χ4n) is 2.71. The van der Waals surface area contributed by atoms with Gasteiger partial charge >= 0.3 is 0 Å². The van der Waals surface area contributed by atoms with E-state index in [0.717, 1.165) is 23.4 Å². The van der Waals surface area contributed by atoms with Gasteiger partial charge in [-0.15, -0.1) is 0 Å². The van der Waals surface area contributed by atoms with Crippen LogP contribution in [0.15, 0.2) is 42.5 Å². The molecule has 1 N–H and O–H groups in total. The molecule has 1 atom stereocenters. The number of hydrogen-bond acceptors (Lipinski definition) is 2. The predicted molar refractivity (Wildman–Crippen MR) is 87.7 cm³/mol. The highest BCUT2D eigenvalue weighted by Gasteiger charge is 2.18. The van der Waals surface area contributed by atoms with E-state index in [-0.39, 0.29) is 11.9 Å². The summed E-state index contributed by atoms with van der Waals surface area (Å²) in [5.41, 5.74) is 3.76. The zero-order valence-corrected chi connectivity index (χ0v) is 13.2. The topological polar surface area (TPSA) is 15.3 Å². The molecule has 0 spiro atoms. The summed E-state index contributed by atoms with van der Waals surface area (Å²) < 4.78 is 14.4. The first-order valence-electron chi connectivity index (χ1n) is 7.37. The van der Waals surface area contributed by atoms with Crippen molar-refractivity contribution in [2.24, 2.45) is 0 Å². The fourth-order valence-corrected chi connectivity index (χ4v) is 2.71. The molecule has 0 saturated heterocycles. The molecular weight excluding hydrogens is 263 g/mol. The molecule has 2 rings (SSSR count). The van der Waals surface area contributed by atoms with Crippen LogP contribution in [0.2, 0.25) is 0 Å². The van der Waals surface area contributed by atoms with Gasteiger partial charge in [-0.3, -0.25) is 0 Å². The third kappa shape index (κ3) is 3.24. The third-order valence-corrected chi connectivity index (χ3v) is 3.81. The minimum absolute atomic E-state index is 0.104. The van der Waals surface area contributed by atoms with Crippen LogP contribution in [0.3, 0.4) is 0 Å². The largest absolute Gasteiger partial charge is 0.342 e. The second-order valence-electron chi connectivity index (χ2n) is 5.30. The second kappa shape index (κ2) is 6.72. The zero-order chi connectivity index (χ0) is 15.4. The first-order chi connectivity index (χ1) is 10.1. The molecule has 2 nitrogen and oxygen atoms in total. The van der Waals surface area contributed by atoms with Crippen LogP contribution in [-0.4, -0.2) is 13.6 Å². The van der Waals surface area contributed by atoms with Crippen molar-refractivity contribution in [3.8, 4) is 0 Å². The van der Waals surface area contributed by atoms with Crippen molar-refractivity contribution < 1.29 is 4.39 Å². The van der Waals surface area contributed by atoms with Gasteiger partial charge in [0.1, 0.15) is 5.82 Å². The van der Waals surface area contributed by atoms with Gasteiger partial charge in [0.05, 0.1) is 5.69 Å². The lowest BCUT2D eigenvalue weighted by molar-refractivity contribution is 0.583. The molecule has 0 saturated carbocycles. The third-order valence-electron chi connectivity index (χ3n) is 3.81. The summed E-state index contributed by atoms with van der Waals surface area (Å²) in [5, 5.41) is 3.36. The van der Waals surface area contributed by atoms with E-state index >= 15 is 0 Å². The molecule has 0 aromatic heterocycles. The molecule has 0 fully saturated rings. The van der Waals surface area contributed by atoms with Gasteiger partial charge in [-0.25, -0.2) is 4.39 Å². The van der Waals surface area contributed by atoms with Crippen molar-refractivity contribution in [2.45, 2.75) is 26.8 Å². The Labute approximate surface area is 126 Å². The highest BCUT2D eigenvalue weighted by Crippen LogP contribution is 2.34. The van der Waals surface area contributed by atoms with Crippen molar-refractivity contribution in [2.75, 3.05) is 18.5 Å². The highest BCUT2D eigenvalue weighted by atomic mass is 19.1. The Morgan fingerprint density at radius 2 is 1.86 bits per heavy atom. The highest BCUT2D eigenvalue weighted by molar-refractivity contribution is 5.69. The van der Waals surface area contributed by atoms with Crippen molar-refractivity contribution in [1.29, 1.82) is 0 Å². The molecule has 2 aromatic rings. The number of nitrogens with zero attached hydrogens (tertiary/aromatic N) is 1. The Kier molecular flexibility index (Phi) is 4.97. The van der Waals surface area contributed by atoms with Crippen molar-refractivity contribution >= 4 is 11.4 Å². The molecular formula is C18H23FN2. The van der Waals surface area contributed by atoms with E-state index in [2.05, 4.69) is 19.2 Å². The van der Waals surface area contributed by atoms with Gasteiger partial charge < -0.3 is 10.2 Å². The summed E-state index contributed by atoms with van der Waals surface area (Å²) in [4.78, 5) is 1.94. The van der Waals surface area contributed by atoms with E-state index in [1.54, 1.807) is 6.07 Å². The maximum Gasteiger partial charge on any atom is 0.147 e. The molecule has 21 heavy (non-hydrogen) atoms. The molecule has 0 bridgehead atoms. The Morgan fingerprint density at radius 3 is 2.52 bits per heavy atom. The van der Waals surface area contributed by atoms with Crippen LogP contribution in [0, 0.1) is 12.7 Å². The maximum atomic E-state index is 14.4. The van der Waals surface area contributed by atoms with Gasteiger partial charge in [0.15, 0.2) is 0 Å². The van der Waals surface area contributed by atoms with Crippen molar-refractivity contribution in [3.63, 3.8) is 0 Å². The first kappa shape index (κ1) is 15.5. The Bertz CT molecular complexity index is 610. The molecule has 0 aliphatic heterocycles. The zero-order valence-electron chi connectivity index (χ0n) is 13.2. The molecule has 3 heteroatoms. The Balaban J connectivity index is 2.50. The lowest BCUT2D eigenvalue weighted by Crippen LogP contribution is -2.22. The molecule has 0 aliphatic rings. The summed E-state index contributed by atoms with van der Waals surface area (Å²) >= 11 is 0. The summed E-state index contributed by atoms with van der Waals surface area (Å²) in [6.07, 6.45) is 0. The normalized spacial score (nSPS) is 12.2. The van der Waals surface area contributed by atoms with E-state index < -0.39 is 0 Å². The smallest absolute Gasteiger partial charge is 0.147 e. The molecule has 0 radical (unpaired) electrons. The summed E-state index contributed by atoms with van der Waals surface area (Å²) in [5.74, 6) is -0.192. The molecule has 0 heterocycles. The maximum absolute atomic E-state index is 14.4. The lowest BCUT2D eigenvalue weighted by atomic mass is 10.0. The average molecular weight is 286 g/mol. The van der Waals surface area contributed by atoms with Gasteiger partial charge in [0.2, 0.25) is 0 Å². The summed E-state index contributed by atoms with van der Waals surface area (Å²) in [7, 11) is 1.92. The Hall–Kier alpha value is -1.87. The van der Waals surface area contributed by atoms with E-state index in [4.69, 9.17) is 0 Å². The molecule has 0 aliphatic carbocycles. The van der Waals surface area contributed by atoms with Crippen LogP contribution >= 0.6 is 0 Å². The van der Waals surface area contributed by atoms with E-state index in [1.165, 1.54) is 6.07 Å². The van der Waals surface area contributed by atoms with Crippen LogP contribution in [-0.2, 0) is 0 Å². The molecule has 1 unspecified atom stereocenters. The fraction of sp³-hybridized carbons (Fsp3) is 0.333. The monoisotopic (exact) mass is 286 g/mol. The van der Waals surface area contributed by atoms with Crippen LogP contribution in [0.25, 0.3) is 0 Å². The van der Waals surface area contributed by atoms with Gasteiger partial charge in [0, 0.05) is 18.8 Å². The van der Waals surface area contributed by atoms with Crippen LogP contribution in [0.4, 0.5) is 15.8 Å². The predicted octanol–water partition coefficient (Wildman–Crippen LogP) is 4.57. The van der Waals surface area contributed by atoms with Crippen LogP contribution in [0.5, 0.6) is 0 Å². The van der Waals surface area contributed by atoms with Crippen LogP contribution < -0.4 is 10.2 Å². The van der Waals surface area contributed by atoms with Gasteiger partial charge in [0.25, 0.3) is 0 Å². The van der Waals surface area contributed by atoms with Gasteiger partial charge in [-0.1, -0.05) is 37.3 Å². The minimum Gasteiger partial charge on any atom is -0.342 e.